The molecule has 0 radical (unpaired) electrons. The first-order chi connectivity index (χ1) is 7.41. The highest BCUT2D eigenvalue weighted by molar-refractivity contribution is 9.10. The molecule has 0 bridgehead atoms. The molecule has 16 heavy (non-hydrogen) atoms. The van der Waals surface area contributed by atoms with Crippen LogP contribution in [0, 0.1) is 0 Å². The molecule has 3 N–H and O–H groups in total. The highest BCUT2D eigenvalue weighted by atomic mass is 79.9. The summed E-state index contributed by atoms with van der Waals surface area (Å²) in [5, 5.41) is 9.40. The fourth-order valence-electron chi connectivity index (χ4n) is 1.73. The van der Waals surface area contributed by atoms with Crippen molar-refractivity contribution in [2.75, 3.05) is 18.5 Å². The van der Waals surface area contributed by atoms with E-state index in [-0.39, 0.29) is 12.1 Å². The van der Waals surface area contributed by atoms with Crippen LogP contribution in [0.5, 0.6) is 0 Å². The third-order valence-corrected chi connectivity index (χ3v) is 2.93. The van der Waals surface area contributed by atoms with Crippen LogP contribution < -0.4 is 10.6 Å². The van der Waals surface area contributed by atoms with Gasteiger partial charge >= 0.3 is 0 Å². The average molecular weight is 287 g/mol. The summed E-state index contributed by atoms with van der Waals surface area (Å²) in [5.41, 5.74) is 8.08. The van der Waals surface area contributed by atoms with Crippen LogP contribution >= 0.6 is 15.9 Å². The zero-order valence-electron chi connectivity index (χ0n) is 9.94. The number of hydrogen-bond donors (Lipinski definition) is 2. The van der Waals surface area contributed by atoms with Crippen molar-refractivity contribution < 1.29 is 5.11 Å². The Morgan fingerprint density at radius 1 is 1.44 bits per heavy atom. The standard InChI is InChI=1S/C12H19BrN2O/c1-8(16)7-15(3)12-6-10(13)4-5-11(12)9(2)14/h4-6,8-9,16H,7,14H2,1-3H3. The van der Waals surface area contributed by atoms with E-state index >= 15 is 0 Å². The molecule has 0 fully saturated rings. The zero-order valence-corrected chi connectivity index (χ0v) is 11.5. The molecule has 0 aliphatic heterocycles. The van der Waals surface area contributed by atoms with Gasteiger partial charge in [-0.05, 0) is 31.5 Å². The largest absolute Gasteiger partial charge is 0.392 e. The van der Waals surface area contributed by atoms with Gasteiger partial charge in [0.2, 0.25) is 0 Å². The highest BCUT2D eigenvalue weighted by Crippen LogP contribution is 2.28. The van der Waals surface area contributed by atoms with Crippen molar-refractivity contribution in [1.29, 1.82) is 0 Å². The Morgan fingerprint density at radius 3 is 2.56 bits per heavy atom. The van der Waals surface area contributed by atoms with Crippen LogP contribution in [0.25, 0.3) is 0 Å². The number of anilines is 1. The van der Waals surface area contributed by atoms with Gasteiger partial charge in [0.15, 0.2) is 0 Å². The summed E-state index contributed by atoms with van der Waals surface area (Å²) in [5.74, 6) is 0. The number of benzene rings is 1. The molecule has 1 aromatic rings. The summed E-state index contributed by atoms with van der Waals surface area (Å²) in [6.45, 7) is 4.33. The lowest BCUT2D eigenvalue weighted by Gasteiger charge is -2.25. The van der Waals surface area contributed by atoms with Crippen LogP contribution in [0.1, 0.15) is 25.5 Å². The first kappa shape index (κ1) is 13.5. The van der Waals surface area contributed by atoms with Gasteiger partial charge in [0.25, 0.3) is 0 Å². The Morgan fingerprint density at radius 2 is 2.06 bits per heavy atom. The van der Waals surface area contributed by atoms with E-state index in [1.807, 2.05) is 37.1 Å². The number of nitrogens with two attached hydrogens (primary N) is 1. The molecule has 2 atom stereocenters. The second kappa shape index (κ2) is 5.66. The van der Waals surface area contributed by atoms with Gasteiger partial charge in [-0.3, -0.25) is 0 Å². The smallest absolute Gasteiger partial charge is 0.0686 e. The molecule has 0 aliphatic rings. The predicted molar refractivity (Wildman–Crippen MR) is 71.7 cm³/mol. The maximum absolute atomic E-state index is 9.40. The molecule has 90 valence electrons. The first-order valence-electron chi connectivity index (χ1n) is 5.36. The monoisotopic (exact) mass is 286 g/mol. The number of halogens is 1. The SMILES string of the molecule is CC(O)CN(C)c1cc(Br)ccc1C(C)N. The number of nitrogens with zero attached hydrogens (tertiary/aromatic N) is 1. The summed E-state index contributed by atoms with van der Waals surface area (Å²) >= 11 is 3.45. The van der Waals surface area contributed by atoms with E-state index in [0.29, 0.717) is 6.54 Å². The second-order valence-electron chi connectivity index (χ2n) is 4.22. The second-order valence-corrected chi connectivity index (χ2v) is 5.14. The summed E-state index contributed by atoms with van der Waals surface area (Å²) in [7, 11) is 1.96. The molecular weight excluding hydrogens is 268 g/mol. The van der Waals surface area contributed by atoms with Gasteiger partial charge in [0.1, 0.15) is 0 Å². The maximum atomic E-state index is 9.40. The van der Waals surface area contributed by atoms with Gasteiger partial charge in [0, 0.05) is 29.8 Å². The van der Waals surface area contributed by atoms with Crippen molar-refractivity contribution in [3.8, 4) is 0 Å². The van der Waals surface area contributed by atoms with Crippen molar-refractivity contribution >= 4 is 21.6 Å². The number of rotatable bonds is 4. The van der Waals surface area contributed by atoms with Crippen molar-refractivity contribution in [2.24, 2.45) is 5.73 Å². The molecule has 0 spiro atoms. The normalized spacial score (nSPS) is 14.6. The quantitative estimate of drug-likeness (QED) is 0.893. The molecule has 4 heteroatoms. The van der Waals surface area contributed by atoms with Gasteiger partial charge < -0.3 is 15.7 Å². The lowest BCUT2D eigenvalue weighted by atomic mass is 10.1. The van der Waals surface area contributed by atoms with Gasteiger partial charge in [-0.1, -0.05) is 22.0 Å². The fourth-order valence-corrected chi connectivity index (χ4v) is 2.08. The van der Waals surface area contributed by atoms with E-state index in [0.717, 1.165) is 15.7 Å². The van der Waals surface area contributed by atoms with Crippen LogP contribution in [0.4, 0.5) is 5.69 Å². The van der Waals surface area contributed by atoms with Crippen molar-refractivity contribution in [3.05, 3.63) is 28.2 Å². The van der Waals surface area contributed by atoms with Crippen LogP contribution in [-0.2, 0) is 0 Å². The molecule has 0 amide bonds. The third kappa shape index (κ3) is 3.47. The van der Waals surface area contributed by atoms with E-state index < -0.39 is 0 Å². The van der Waals surface area contributed by atoms with Crippen molar-refractivity contribution in [1.82, 2.24) is 0 Å². The molecule has 1 aromatic carbocycles. The highest BCUT2D eigenvalue weighted by Gasteiger charge is 2.12. The summed E-state index contributed by atoms with van der Waals surface area (Å²) in [6.07, 6.45) is -0.357. The molecular formula is C12H19BrN2O. The zero-order chi connectivity index (χ0) is 12.3. The van der Waals surface area contributed by atoms with Crippen LogP contribution in [0.3, 0.4) is 0 Å². The summed E-state index contributed by atoms with van der Waals surface area (Å²) < 4.78 is 1.02. The molecule has 0 aliphatic carbocycles. The Bertz CT molecular complexity index is 353. The topological polar surface area (TPSA) is 49.5 Å². The Balaban J connectivity index is 3.04. The minimum absolute atomic E-state index is 0.0143. The minimum Gasteiger partial charge on any atom is -0.392 e. The average Bonchev–Trinajstić information content (AvgIpc) is 2.15. The lowest BCUT2D eigenvalue weighted by Crippen LogP contribution is -2.28. The van der Waals surface area contributed by atoms with Gasteiger partial charge in [-0.25, -0.2) is 0 Å². The van der Waals surface area contributed by atoms with Crippen LogP contribution in [0.2, 0.25) is 0 Å². The fraction of sp³-hybridized carbons (Fsp3) is 0.500. The lowest BCUT2D eigenvalue weighted by molar-refractivity contribution is 0.201. The first-order valence-corrected chi connectivity index (χ1v) is 6.15. The third-order valence-electron chi connectivity index (χ3n) is 2.43. The minimum atomic E-state index is -0.357. The maximum Gasteiger partial charge on any atom is 0.0686 e. The Hall–Kier alpha value is -0.580. The van der Waals surface area contributed by atoms with Crippen LogP contribution in [0.15, 0.2) is 22.7 Å². The molecule has 2 unspecified atom stereocenters. The van der Waals surface area contributed by atoms with Gasteiger partial charge in [-0.15, -0.1) is 0 Å². The predicted octanol–water partition coefficient (Wildman–Crippen LogP) is 2.29. The Kier molecular flexibility index (Phi) is 4.77. The van der Waals surface area contributed by atoms with Crippen molar-refractivity contribution in [3.63, 3.8) is 0 Å². The van der Waals surface area contributed by atoms with Gasteiger partial charge in [0.05, 0.1) is 6.10 Å². The van der Waals surface area contributed by atoms with E-state index in [2.05, 4.69) is 15.9 Å². The summed E-state index contributed by atoms with van der Waals surface area (Å²) in [6, 6.07) is 6.02. The molecule has 1 rings (SSSR count). The molecule has 3 nitrogen and oxygen atoms in total. The number of aliphatic hydroxyl groups excluding tert-OH is 1. The molecule has 0 heterocycles. The Labute approximate surface area is 105 Å². The molecule has 0 saturated carbocycles. The van der Waals surface area contributed by atoms with Crippen molar-refractivity contribution in [2.45, 2.75) is 26.0 Å². The number of hydrogen-bond acceptors (Lipinski definition) is 3. The van der Waals surface area contributed by atoms with E-state index in [4.69, 9.17) is 5.73 Å². The number of likely N-dealkylation sites (N-methyl/N-ethyl adjacent to an activating group) is 1. The van der Waals surface area contributed by atoms with E-state index in [9.17, 15) is 5.11 Å². The van der Waals surface area contributed by atoms with E-state index in [1.54, 1.807) is 6.92 Å². The van der Waals surface area contributed by atoms with Crippen LogP contribution in [-0.4, -0.2) is 24.8 Å². The summed E-state index contributed by atoms with van der Waals surface area (Å²) in [4.78, 5) is 2.02. The van der Waals surface area contributed by atoms with E-state index in [1.165, 1.54) is 0 Å². The molecule has 0 saturated heterocycles. The molecule has 0 aromatic heterocycles. The number of aliphatic hydroxyl groups is 1. The van der Waals surface area contributed by atoms with Gasteiger partial charge in [-0.2, -0.15) is 0 Å².